The van der Waals surface area contributed by atoms with Gasteiger partial charge in [-0.05, 0) is 35.7 Å². The highest BCUT2D eigenvalue weighted by Crippen LogP contribution is 2.16. The molecule has 2 heteroatoms. The normalized spacial score (nSPS) is 9.78. The van der Waals surface area contributed by atoms with Crippen LogP contribution in [0.25, 0.3) is 0 Å². The van der Waals surface area contributed by atoms with E-state index in [0.29, 0.717) is 5.56 Å². The van der Waals surface area contributed by atoms with Gasteiger partial charge in [0.25, 0.3) is 0 Å². The molecule has 0 aliphatic rings. The third-order valence-electron chi connectivity index (χ3n) is 2.96. The molecule has 1 N–H and O–H groups in total. The number of nitrogens with zero attached hydrogens (tertiary/aromatic N) is 1. The van der Waals surface area contributed by atoms with Gasteiger partial charge in [-0.1, -0.05) is 37.3 Å². The van der Waals surface area contributed by atoms with Gasteiger partial charge in [0.1, 0.15) is 0 Å². The van der Waals surface area contributed by atoms with Gasteiger partial charge in [-0.3, -0.25) is 0 Å². The van der Waals surface area contributed by atoms with E-state index in [9.17, 15) is 0 Å². The summed E-state index contributed by atoms with van der Waals surface area (Å²) in [4.78, 5) is 0. The Kier molecular flexibility index (Phi) is 3.98. The Morgan fingerprint density at radius 1 is 1.06 bits per heavy atom. The van der Waals surface area contributed by atoms with E-state index in [0.717, 1.165) is 13.0 Å². The molecule has 0 unspecified atom stereocenters. The summed E-state index contributed by atoms with van der Waals surface area (Å²) in [6, 6.07) is 18.1. The topological polar surface area (TPSA) is 35.8 Å². The number of rotatable bonds is 4. The van der Waals surface area contributed by atoms with Crippen molar-refractivity contribution in [2.24, 2.45) is 0 Å². The molecule has 2 rings (SSSR count). The predicted octanol–water partition coefficient (Wildman–Crippen LogP) is 3.73. The molecule has 0 radical (unpaired) electrons. The van der Waals surface area contributed by atoms with Crippen molar-refractivity contribution >= 4 is 5.69 Å². The Morgan fingerprint density at radius 3 is 2.44 bits per heavy atom. The van der Waals surface area contributed by atoms with Crippen LogP contribution in [-0.4, -0.2) is 0 Å². The molecule has 0 aromatic heterocycles. The highest BCUT2D eigenvalue weighted by Gasteiger charge is 1.99. The minimum atomic E-state index is 0.702. The Balaban J connectivity index is 2.04. The lowest BCUT2D eigenvalue weighted by Gasteiger charge is -2.10. The molecule has 2 aromatic carbocycles. The zero-order chi connectivity index (χ0) is 12.8. The first-order valence-corrected chi connectivity index (χ1v) is 6.14. The first-order chi connectivity index (χ1) is 8.83. The number of anilines is 1. The number of nitriles is 1. The lowest BCUT2D eigenvalue weighted by Crippen LogP contribution is -2.01. The molecule has 0 saturated heterocycles. The molecule has 0 aliphatic carbocycles. The largest absolute Gasteiger partial charge is 0.381 e. The van der Waals surface area contributed by atoms with Crippen LogP contribution in [0.4, 0.5) is 5.69 Å². The molecule has 0 heterocycles. The average molecular weight is 236 g/mol. The molecule has 2 aromatic rings. The summed E-state index contributed by atoms with van der Waals surface area (Å²) in [5.41, 5.74) is 4.39. The van der Waals surface area contributed by atoms with Gasteiger partial charge in [-0.25, -0.2) is 0 Å². The maximum Gasteiger partial charge on any atom is 0.0991 e. The second-order valence-electron chi connectivity index (χ2n) is 4.17. The van der Waals surface area contributed by atoms with Gasteiger partial charge < -0.3 is 5.32 Å². The van der Waals surface area contributed by atoms with Crippen molar-refractivity contribution in [3.05, 3.63) is 65.2 Å². The Hall–Kier alpha value is -2.27. The fourth-order valence-corrected chi connectivity index (χ4v) is 1.90. The number of aryl methyl sites for hydroxylation is 1. The van der Waals surface area contributed by atoms with Crippen LogP contribution in [0.3, 0.4) is 0 Å². The van der Waals surface area contributed by atoms with Crippen LogP contribution in [0.15, 0.2) is 48.5 Å². The molecule has 2 nitrogen and oxygen atoms in total. The van der Waals surface area contributed by atoms with E-state index >= 15 is 0 Å². The standard InChI is InChI=1S/C16H16N2/c1-2-15-5-3-4-6-16(15)18-12-14-9-7-13(11-17)8-10-14/h3-10,18H,2,12H2,1H3. The SMILES string of the molecule is CCc1ccccc1NCc1ccc(C#N)cc1. The average Bonchev–Trinajstić information content (AvgIpc) is 2.46. The zero-order valence-electron chi connectivity index (χ0n) is 10.5. The van der Waals surface area contributed by atoms with Gasteiger partial charge >= 0.3 is 0 Å². The summed E-state index contributed by atoms with van der Waals surface area (Å²) < 4.78 is 0. The van der Waals surface area contributed by atoms with E-state index in [2.05, 4.69) is 36.5 Å². The smallest absolute Gasteiger partial charge is 0.0991 e. The molecule has 0 saturated carbocycles. The first kappa shape index (κ1) is 12.2. The van der Waals surface area contributed by atoms with Crippen molar-refractivity contribution in [3.8, 4) is 6.07 Å². The first-order valence-electron chi connectivity index (χ1n) is 6.14. The molecular weight excluding hydrogens is 220 g/mol. The van der Waals surface area contributed by atoms with Gasteiger partial charge in [-0.15, -0.1) is 0 Å². The third-order valence-corrected chi connectivity index (χ3v) is 2.96. The van der Waals surface area contributed by atoms with Gasteiger partial charge in [0.2, 0.25) is 0 Å². The van der Waals surface area contributed by atoms with Crippen molar-refractivity contribution < 1.29 is 0 Å². The van der Waals surface area contributed by atoms with Crippen LogP contribution in [0.2, 0.25) is 0 Å². The van der Waals surface area contributed by atoms with Gasteiger partial charge in [0, 0.05) is 12.2 Å². The molecule has 18 heavy (non-hydrogen) atoms. The summed E-state index contributed by atoms with van der Waals surface area (Å²) in [6.45, 7) is 2.94. The van der Waals surface area contributed by atoms with Crippen LogP contribution in [0.1, 0.15) is 23.6 Å². The van der Waals surface area contributed by atoms with Crippen LogP contribution in [-0.2, 0) is 13.0 Å². The minimum Gasteiger partial charge on any atom is -0.381 e. The van der Waals surface area contributed by atoms with E-state index in [1.807, 2.05) is 30.3 Å². The monoisotopic (exact) mass is 236 g/mol. The number of hydrogen-bond acceptors (Lipinski definition) is 2. The fourth-order valence-electron chi connectivity index (χ4n) is 1.90. The molecule has 0 spiro atoms. The van der Waals surface area contributed by atoms with E-state index < -0.39 is 0 Å². The highest BCUT2D eigenvalue weighted by molar-refractivity contribution is 5.51. The van der Waals surface area contributed by atoms with Crippen molar-refractivity contribution in [2.75, 3.05) is 5.32 Å². The van der Waals surface area contributed by atoms with Crippen molar-refractivity contribution in [2.45, 2.75) is 19.9 Å². The lowest BCUT2D eigenvalue weighted by atomic mass is 10.1. The molecule has 0 fully saturated rings. The summed E-state index contributed by atoms with van der Waals surface area (Å²) >= 11 is 0. The predicted molar refractivity (Wildman–Crippen MR) is 74.3 cm³/mol. The van der Waals surface area contributed by atoms with Gasteiger partial charge in [-0.2, -0.15) is 5.26 Å². The molecule has 90 valence electrons. The second kappa shape index (κ2) is 5.88. The highest BCUT2D eigenvalue weighted by atomic mass is 14.9. The van der Waals surface area contributed by atoms with Crippen molar-refractivity contribution in [1.82, 2.24) is 0 Å². The van der Waals surface area contributed by atoms with Crippen LogP contribution in [0, 0.1) is 11.3 Å². The molecule has 0 bridgehead atoms. The molecule has 0 atom stereocenters. The van der Waals surface area contributed by atoms with E-state index in [4.69, 9.17) is 5.26 Å². The summed E-state index contributed by atoms with van der Waals surface area (Å²) in [5, 5.41) is 12.2. The summed E-state index contributed by atoms with van der Waals surface area (Å²) in [6.07, 6.45) is 1.02. The molecule has 0 aliphatic heterocycles. The van der Waals surface area contributed by atoms with E-state index in [1.54, 1.807) is 0 Å². The van der Waals surface area contributed by atoms with Crippen molar-refractivity contribution in [1.29, 1.82) is 5.26 Å². The quantitative estimate of drug-likeness (QED) is 0.878. The van der Waals surface area contributed by atoms with Gasteiger partial charge in [0.05, 0.1) is 11.6 Å². The third kappa shape index (κ3) is 2.89. The minimum absolute atomic E-state index is 0.702. The Labute approximate surface area is 108 Å². The summed E-state index contributed by atoms with van der Waals surface area (Å²) in [7, 11) is 0. The van der Waals surface area contributed by atoms with Crippen LogP contribution < -0.4 is 5.32 Å². The molecule has 0 amide bonds. The van der Waals surface area contributed by atoms with Gasteiger partial charge in [0.15, 0.2) is 0 Å². The number of nitrogens with one attached hydrogen (secondary N) is 1. The van der Waals surface area contributed by atoms with Crippen LogP contribution in [0.5, 0.6) is 0 Å². The van der Waals surface area contributed by atoms with E-state index in [-0.39, 0.29) is 0 Å². The number of para-hydroxylation sites is 1. The number of hydrogen-bond donors (Lipinski definition) is 1. The maximum absolute atomic E-state index is 8.74. The lowest BCUT2D eigenvalue weighted by molar-refractivity contribution is 1.09. The number of benzene rings is 2. The van der Waals surface area contributed by atoms with E-state index in [1.165, 1.54) is 16.8 Å². The second-order valence-corrected chi connectivity index (χ2v) is 4.17. The summed E-state index contributed by atoms with van der Waals surface area (Å²) in [5.74, 6) is 0. The Bertz CT molecular complexity index is 550. The zero-order valence-corrected chi connectivity index (χ0v) is 10.5. The fraction of sp³-hybridized carbons (Fsp3) is 0.188. The van der Waals surface area contributed by atoms with Crippen LogP contribution >= 0.6 is 0 Å². The molecular formula is C16H16N2. The van der Waals surface area contributed by atoms with Crippen molar-refractivity contribution in [3.63, 3.8) is 0 Å². The Morgan fingerprint density at radius 2 is 1.78 bits per heavy atom. The maximum atomic E-state index is 8.74.